The van der Waals surface area contributed by atoms with Crippen molar-refractivity contribution >= 4 is 23.2 Å². The monoisotopic (exact) mass is 450 g/mol. The summed E-state index contributed by atoms with van der Waals surface area (Å²) < 4.78 is 5.67. The first-order valence-electron chi connectivity index (χ1n) is 11.2. The van der Waals surface area contributed by atoms with Gasteiger partial charge in [-0.05, 0) is 53.8 Å². The highest BCUT2D eigenvalue weighted by atomic mass is 16.5. The summed E-state index contributed by atoms with van der Waals surface area (Å²) in [5.74, 6) is 0.425. The Bertz CT molecular complexity index is 1100. The molecule has 0 aliphatic carbocycles. The molecule has 1 aliphatic heterocycles. The summed E-state index contributed by atoms with van der Waals surface area (Å²) in [6.07, 6.45) is 0. The molecule has 0 atom stereocenters. The number of amides is 1. The Labute approximate surface area is 196 Å². The third-order valence-electron chi connectivity index (χ3n) is 5.87. The number of rotatable bonds is 7. The van der Waals surface area contributed by atoms with Gasteiger partial charge in [-0.25, -0.2) is 0 Å². The fourth-order valence-corrected chi connectivity index (χ4v) is 3.88. The molecular formula is C26H34N4O3. The first-order valence-corrected chi connectivity index (χ1v) is 11.2. The lowest BCUT2D eigenvalue weighted by Gasteiger charge is -2.24. The predicted octanol–water partition coefficient (Wildman–Crippen LogP) is 3.83. The molecule has 176 valence electrons. The summed E-state index contributed by atoms with van der Waals surface area (Å²) in [4.78, 5) is 29.4. The van der Waals surface area contributed by atoms with Gasteiger partial charge in [0.1, 0.15) is 11.6 Å². The molecule has 0 unspecified atom stereocenters. The molecule has 0 aromatic heterocycles. The van der Waals surface area contributed by atoms with Crippen molar-refractivity contribution in [1.82, 2.24) is 10.2 Å². The first-order chi connectivity index (χ1) is 15.5. The van der Waals surface area contributed by atoms with Gasteiger partial charge in [0.25, 0.3) is 5.91 Å². The van der Waals surface area contributed by atoms with Gasteiger partial charge in [-0.3, -0.25) is 15.0 Å². The molecule has 33 heavy (non-hydrogen) atoms. The molecular weight excluding hydrogens is 416 g/mol. The molecule has 7 heteroatoms. The van der Waals surface area contributed by atoms with Crippen molar-refractivity contribution in [3.05, 3.63) is 58.1 Å². The van der Waals surface area contributed by atoms with Gasteiger partial charge in [0.2, 0.25) is 0 Å². The zero-order valence-electron chi connectivity index (χ0n) is 20.6. The van der Waals surface area contributed by atoms with Crippen molar-refractivity contribution in [2.75, 3.05) is 39.2 Å². The van der Waals surface area contributed by atoms with E-state index in [0.717, 1.165) is 16.8 Å². The fourth-order valence-electron chi connectivity index (χ4n) is 3.88. The van der Waals surface area contributed by atoms with Crippen molar-refractivity contribution < 1.29 is 14.3 Å². The number of nitrogens with zero attached hydrogens (tertiary/aromatic N) is 2. The van der Waals surface area contributed by atoms with Crippen LogP contribution < -0.4 is 15.0 Å². The van der Waals surface area contributed by atoms with Crippen LogP contribution >= 0.6 is 0 Å². The molecule has 2 aromatic rings. The number of fused-ring (bicyclic) bond motifs is 1. The molecule has 2 aromatic carbocycles. The topological polar surface area (TPSA) is 85.7 Å². The lowest BCUT2D eigenvalue weighted by molar-refractivity contribution is 0.0953. The Morgan fingerprint density at radius 2 is 1.85 bits per heavy atom. The van der Waals surface area contributed by atoms with Crippen LogP contribution in [-0.4, -0.2) is 56.7 Å². The molecule has 1 amide bonds. The van der Waals surface area contributed by atoms with Gasteiger partial charge in [-0.15, -0.1) is 0 Å². The van der Waals surface area contributed by atoms with Crippen LogP contribution in [0.2, 0.25) is 0 Å². The van der Waals surface area contributed by atoms with Crippen molar-refractivity contribution in [2.24, 2.45) is 0 Å². The van der Waals surface area contributed by atoms with Gasteiger partial charge < -0.3 is 19.9 Å². The second kappa shape index (κ2) is 9.25. The Morgan fingerprint density at radius 3 is 2.42 bits per heavy atom. The Morgan fingerprint density at radius 1 is 1.15 bits per heavy atom. The number of hydrogen-bond donors (Lipinski definition) is 2. The van der Waals surface area contributed by atoms with Gasteiger partial charge in [-0.2, -0.15) is 0 Å². The molecule has 1 aliphatic rings. The van der Waals surface area contributed by atoms with Crippen LogP contribution in [0.1, 0.15) is 65.1 Å². The van der Waals surface area contributed by atoms with Gasteiger partial charge in [0.05, 0.1) is 18.7 Å². The summed E-state index contributed by atoms with van der Waals surface area (Å²) in [7, 11) is 5.49. The number of carbonyl (C=O) groups is 2. The predicted molar refractivity (Wildman–Crippen MR) is 132 cm³/mol. The maximum atomic E-state index is 13.3. The van der Waals surface area contributed by atoms with E-state index in [4.69, 9.17) is 10.1 Å². The highest BCUT2D eigenvalue weighted by Gasteiger charge is 2.29. The average molecular weight is 451 g/mol. The van der Waals surface area contributed by atoms with E-state index in [1.807, 2.05) is 44.1 Å². The number of anilines is 1. The van der Waals surface area contributed by atoms with Crippen LogP contribution in [0.3, 0.4) is 0 Å². The number of benzene rings is 2. The molecule has 0 bridgehead atoms. The minimum Gasteiger partial charge on any atom is -0.493 e. The Kier molecular flexibility index (Phi) is 6.81. The molecule has 7 nitrogen and oxygen atoms in total. The second-order valence-corrected chi connectivity index (χ2v) is 9.56. The minimum atomic E-state index is -0.265. The maximum Gasteiger partial charge on any atom is 0.254 e. The highest BCUT2D eigenvalue weighted by Crippen LogP contribution is 2.32. The maximum absolute atomic E-state index is 13.3. The number of amidine groups is 1. The number of carbonyl (C=O) groups excluding carboxylic acids is 2. The number of Topliss-reactive ketones (excluding diaryl/α,β-unsaturated/α-hetero) is 1. The van der Waals surface area contributed by atoms with E-state index in [-0.39, 0.29) is 29.5 Å². The van der Waals surface area contributed by atoms with E-state index >= 15 is 0 Å². The van der Waals surface area contributed by atoms with Crippen LogP contribution in [0, 0.1) is 5.41 Å². The van der Waals surface area contributed by atoms with Gasteiger partial charge in [-0.1, -0.05) is 20.8 Å². The van der Waals surface area contributed by atoms with Crippen molar-refractivity contribution in [3.63, 3.8) is 0 Å². The normalized spacial score (nSPS) is 13.1. The molecule has 0 saturated carbocycles. The summed E-state index contributed by atoms with van der Waals surface area (Å²) in [6.45, 7) is 9.19. The lowest BCUT2D eigenvalue weighted by Crippen LogP contribution is -2.30. The quantitative estimate of drug-likeness (QED) is 0.626. The summed E-state index contributed by atoms with van der Waals surface area (Å²) >= 11 is 0. The standard InChI is InChI=1S/C26H34N4O3/c1-8-33-23-11-17-14-30(24(27)20(17)13-21(23)25(32)28-5)15-22(31)16-9-18(26(2,3)4)12-19(10-16)29(6)7/h9-13,27H,8,14-15H2,1-7H3,(H,28,32). The number of hydrogen-bond acceptors (Lipinski definition) is 5. The highest BCUT2D eigenvalue weighted by molar-refractivity contribution is 6.07. The zero-order valence-corrected chi connectivity index (χ0v) is 20.6. The van der Waals surface area contributed by atoms with E-state index in [9.17, 15) is 9.59 Å². The van der Waals surface area contributed by atoms with Crippen molar-refractivity contribution in [2.45, 2.75) is 39.7 Å². The van der Waals surface area contributed by atoms with Gasteiger partial charge >= 0.3 is 0 Å². The largest absolute Gasteiger partial charge is 0.493 e. The molecule has 0 spiro atoms. The van der Waals surface area contributed by atoms with Crippen LogP contribution in [0.5, 0.6) is 5.75 Å². The number of ketones is 1. The van der Waals surface area contributed by atoms with Gasteiger partial charge in [0, 0.05) is 44.5 Å². The molecule has 1 heterocycles. The minimum absolute atomic E-state index is 0.0432. The van der Waals surface area contributed by atoms with Crippen LogP contribution in [0.4, 0.5) is 5.69 Å². The van der Waals surface area contributed by atoms with E-state index in [0.29, 0.717) is 35.6 Å². The molecule has 0 radical (unpaired) electrons. The number of ether oxygens (including phenoxy) is 1. The van der Waals surface area contributed by atoms with E-state index < -0.39 is 0 Å². The fraction of sp³-hybridized carbons (Fsp3) is 0.423. The average Bonchev–Trinajstić information content (AvgIpc) is 3.06. The smallest absolute Gasteiger partial charge is 0.254 e. The summed E-state index contributed by atoms with van der Waals surface area (Å²) in [5, 5.41) is 11.3. The van der Waals surface area contributed by atoms with Crippen LogP contribution in [0.25, 0.3) is 0 Å². The summed E-state index contributed by atoms with van der Waals surface area (Å²) in [6, 6.07) is 9.48. The van der Waals surface area contributed by atoms with Crippen molar-refractivity contribution in [1.29, 1.82) is 5.41 Å². The first kappa shape index (κ1) is 24.3. The zero-order chi connectivity index (χ0) is 24.5. The number of nitrogens with one attached hydrogen (secondary N) is 2. The molecule has 0 saturated heterocycles. The Hall–Kier alpha value is -3.35. The Balaban J connectivity index is 1.90. The second-order valence-electron chi connectivity index (χ2n) is 9.56. The van der Waals surface area contributed by atoms with E-state index in [2.05, 4.69) is 32.2 Å². The van der Waals surface area contributed by atoms with Crippen molar-refractivity contribution in [3.8, 4) is 5.75 Å². The third kappa shape index (κ3) is 5.02. The molecule has 0 fully saturated rings. The van der Waals surface area contributed by atoms with Crippen LogP contribution in [-0.2, 0) is 12.0 Å². The van der Waals surface area contributed by atoms with E-state index in [1.165, 1.54) is 0 Å². The summed E-state index contributed by atoms with van der Waals surface area (Å²) in [5.41, 5.74) is 4.53. The van der Waals surface area contributed by atoms with Crippen LogP contribution in [0.15, 0.2) is 30.3 Å². The van der Waals surface area contributed by atoms with E-state index in [1.54, 1.807) is 18.0 Å². The lowest BCUT2D eigenvalue weighted by atomic mass is 9.85. The third-order valence-corrected chi connectivity index (χ3v) is 5.87. The molecule has 2 N–H and O–H groups in total. The SMILES string of the molecule is CCOc1cc2c(cc1C(=O)NC)C(=N)N(CC(=O)c1cc(N(C)C)cc(C(C)(C)C)c1)C2. The van der Waals surface area contributed by atoms with Gasteiger partial charge in [0.15, 0.2) is 5.78 Å². The molecule has 3 rings (SSSR count).